The van der Waals surface area contributed by atoms with E-state index in [1.54, 1.807) is 0 Å². The molecule has 0 bridgehead atoms. The fourth-order valence-corrected chi connectivity index (χ4v) is 3.42. The van der Waals surface area contributed by atoms with Crippen LogP contribution in [0.1, 0.15) is 24.5 Å². The zero-order chi connectivity index (χ0) is 19.7. The molecule has 3 atom stereocenters. The molecule has 2 N–H and O–H groups in total. The fourth-order valence-electron chi connectivity index (χ4n) is 3.42. The quantitative estimate of drug-likeness (QED) is 0.576. The summed E-state index contributed by atoms with van der Waals surface area (Å²) < 4.78 is 0. The van der Waals surface area contributed by atoms with Crippen LogP contribution < -0.4 is 10.4 Å². The minimum Gasteiger partial charge on any atom is -0.548 e. The molecule has 1 aromatic carbocycles. The summed E-state index contributed by atoms with van der Waals surface area (Å²) in [6, 6.07) is 5.01. The third-order valence-electron chi connectivity index (χ3n) is 4.89. The maximum absolute atomic E-state index is 12.6. The number of hydrogen-bond acceptors (Lipinski definition) is 6. The number of fused-ring (bicyclic) bond motifs is 2. The molecule has 27 heavy (non-hydrogen) atoms. The van der Waals surface area contributed by atoms with E-state index in [0.29, 0.717) is 13.0 Å². The SMILES string of the molecule is C[C@H](O)[C@H](NC(=O)CCN1C(=O)[C@@H]2Cc3ccccc3CN2C1=O)C(=O)[O-]. The van der Waals surface area contributed by atoms with Gasteiger partial charge in [0.15, 0.2) is 0 Å². The molecule has 1 fully saturated rings. The molecule has 1 aromatic rings. The standard InChI is InChI=1S/C18H21N3O6/c1-10(22)15(17(25)26)19-14(23)6-7-20-16(24)13-8-11-4-2-3-5-12(11)9-21(13)18(20)27/h2-5,10,13,15,22H,6-9H2,1H3,(H,19,23)(H,25,26)/p-1/t10-,13-,15-/m0/s1. The lowest BCUT2D eigenvalue weighted by molar-refractivity contribution is -0.310. The first-order valence-electron chi connectivity index (χ1n) is 8.66. The van der Waals surface area contributed by atoms with Gasteiger partial charge in [0, 0.05) is 25.9 Å². The Hall–Kier alpha value is -2.94. The van der Waals surface area contributed by atoms with Gasteiger partial charge >= 0.3 is 6.03 Å². The van der Waals surface area contributed by atoms with Crippen molar-refractivity contribution in [2.24, 2.45) is 0 Å². The molecule has 0 radical (unpaired) electrons. The second-order valence-electron chi connectivity index (χ2n) is 6.74. The Balaban J connectivity index is 1.62. The van der Waals surface area contributed by atoms with Gasteiger partial charge in [-0.05, 0) is 18.1 Å². The van der Waals surface area contributed by atoms with E-state index in [9.17, 15) is 29.4 Å². The number of nitrogens with zero attached hydrogens (tertiary/aromatic N) is 2. The normalized spacial score (nSPS) is 20.7. The molecule has 0 aliphatic carbocycles. The monoisotopic (exact) mass is 374 g/mol. The van der Waals surface area contributed by atoms with Crippen LogP contribution in [0.3, 0.4) is 0 Å². The maximum atomic E-state index is 12.6. The van der Waals surface area contributed by atoms with Gasteiger partial charge in [-0.25, -0.2) is 4.79 Å². The number of urea groups is 1. The Morgan fingerprint density at radius 2 is 1.96 bits per heavy atom. The molecular weight excluding hydrogens is 354 g/mol. The van der Waals surface area contributed by atoms with Crippen LogP contribution in [-0.2, 0) is 27.3 Å². The number of amides is 4. The van der Waals surface area contributed by atoms with Crippen molar-refractivity contribution in [3.05, 3.63) is 35.4 Å². The minimum atomic E-state index is -1.61. The molecule has 2 aliphatic heterocycles. The number of hydrogen-bond donors (Lipinski definition) is 2. The number of benzene rings is 1. The molecule has 144 valence electrons. The summed E-state index contributed by atoms with van der Waals surface area (Å²) in [5.74, 6) is -2.67. The lowest BCUT2D eigenvalue weighted by Gasteiger charge is -2.28. The first-order chi connectivity index (χ1) is 12.8. The van der Waals surface area contributed by atoms with Crippen molar-refractivity contribution in [3.63, 3.8) is 0 Å². The Morgan fingerprint density at radius 3 is 2.59 bits per heavy atom. The van der Waals surface area contributed by atoms with Gasteiger partial charge in [-0.2, -0.15) is 0 Å². The van der Waals surface area contributed by atoms with Crippen LogP contribution in [-0.4, -0.2) is 63.5 Å². The van der Waals surface area contributed by atoms with Crippen molar-refractivity contribution in [2.45, 2.75) is 44.5 Å². The maximum Gasteiger partial charge on any atom is 0.327 e. The van der Waals surface area contributed by atoms with E-state index in [4.69, 9.17) is 0 Å². The zero-order valence-electron chi connectivity index (χ0n) is 14.8. The summed E-state index contributed by atoms with van der Waals surface area (Å²) in [6.07, 6.45) is -1.17. The molecule has 0 saturated carbocycles. The van der Waals surface area contributed by atoms with E-state index in [0.717, 1.165) is 16.0 Å². The van der Waals surface area contributed by atoms with Gasteiger partial charge in [0.05, 0.1) is 18.1 Å². The number of carbonyl (C=O) groups excluding carboxylic acids is 4. The van der Waals surface area contributed by atoms with Crippen LogP contribution in [0.4, 0.5) is 4.79 Å². The third-order valence-corrected chi connectivity index (χ3v) is 4.89. The van der Waals surface area contributed by atoms with E-state index in [1.165, 1.54) is 11.8 Å². The largest absolute Gasteiger partial charge is 0.548 e. The van der Waals surface area contributed by atoms with Gasteiger partial charge in [-0.1, -0.05) is 24.3 Å². The summed E-state index contributed by atoms with van der Waals surface area (Å²) >= 11 is 0. The second kappa shape index (κ2) is 7.36. The van der Waals surface area contributed by atoms with Crippen LogP contribution >= 0.6 is 0 Å². The second-order valence-corrected chi connectivity index (χ2v) is 6.74. The zero-order valence-corrected chi connectivity index (χ0v) is 14.8. The molecule has 3 rings (SSSR count). The third kappa shape index (κ3) is 3.63. The smallest absolute Gasteiger partial charge is 0.327 e. The van der Waals surface area contributed by atoms with E-state index < -0.39 is 36.1 Å². The highest BCUT2D eigenvalue weighted by Crippen LogP contribution is 2.29. The molecule has 0 aromatic heterocycles. The van der Waals surface area contributed by atoms with Crippen molar-refractivity contribution in [2.75, 3.05) is 6.54 Å². The van der Waals surface area contributed by atoms with Crippen LogP contribution in [0.5, 0.6) is 0 Å². The van der Waals surface area contributed by atoms with Crippen molar-refractivity contribution in [3.8, 4) is 0 Å². The minimum absolute atomic E-state index is 0.160. The van der Waals surface area contributed by atoms with E-state index >= 15 is 0 Å². The lowest BCUT2D eigenvalue weighted by atomic mass is 9.95. The van der Waals surface area contributed by atoms with Crippen LogP contribution in [0.15, 0.2) is 24.3 Å². The summed E-state index contributed by atoms with van der Waals surface area (Å²) in [4.78, 5) is 50.5. The van der Waals surface area contributed by atoms with Gasteiger partial charge in [0.2, 0.25) is 5.91 Å². The molecular formula is C18H20N3O6-. The molecule has 2 heterocycles. The summed E-state index contributed by atoms with van der Waals surface area (Å²) in [6.45, 7) is 1.39. The topological polar surface area (TPSA) is 130 Å². The molecule has 4 amide bonds. The highest BCUT2D eigenvalue weighted by atomic mass is 16.4. The van der Waals surface area contributed by atoms with Gasteiger partial charge in [0.1, 0.15) is 6.04 Å². The Bertz CT molecular complexity index is 750. The van der Waals surface area contributed by atoms with E-state index in [1.807, 2.05) is 24.3 Å². The number of carboxylic acid groups (broad SMARTS) is 1. The first-order valence-corrected chi connectivity index (χ1v) is 8.66. The fraction of sp³-hybridized carbons (Fsp3) is 0.444. The van der Waals surface area contributed by atoms with Gasteiger partial charge in [0.25, 0.3) is 5.91 Å². The van der Waals surface area contributed by atoms with Crippen LogP contribution in [0.2, 0.25) is 0 Å². The summed E-state index contributed by atoms with van der Waals surface area (Å²) in [5, 5.41) is 22.4. The predicted octanol–water partition coefficient (Wildman–Crippen LogP) is -1.62. The number of aliphatic carboxylic acids is 1. The highest BCUT2D eigenvalue weighted by Gasteiger charge is 2.46. The van der Waals surface area contributed by atoms with Crippen molar-refractivity contribution >= 4 is 23.8 Å². The molecule has 0 spiro atoms. The Labute approximate surface area is 155 Å². The average Bonchev–Trinajstić information content (AvgIpc) is 2.86. The summed E-state index contributed by atoms with van der Waals surface area (Å²) in [5.41, 5.74) is 2.01. The van der Waals surface area contributed by atoms with Crippen LogP contribution in [0, 0.1) is 0 Å². The van der Waals surface area contributed by atoms with E-state index in [2.05, 4.69) is 5.32 Å². The number of nitrogens with one attached hydrogen (secondary N) is 1. The number of imide groups is 1. The first kappa shape index (κ1) is 18.8. The lowest BCUT2D eigenvalue weighted by Crippen LogP contribution is -2.53. The van der Waals surface area contributed by atoms with Crippen LogP contribution in [0.25, 0.3) is 0 Å². The number of carbonyl (C=O) groups is 4. The molecule has 0 unspecified atom stereocenters. The van der Waals surface area contributed by atoms with Crippen molar-refractivity contribution in [1.29, 1.82) is 0 Å². The van der Waals surface area contributed by atoms with Crippen molar-refractivity contribution < 1.29 is 29.4 Å². The Kier molecular flexibility index (Phi) is 5.13. The van der Waals surface area contributed by atoms with Gasteiger partial charge < -0.3 is 25.2 Å². The van der Waals surface area contributed by atoms with Gasteiger partial charge in [-0.3, -0.25) is 14.5 Å². The highest BCUT2D eigenvalue weighted by molar-refractivity contribution is 6.05. The number of carboxylic acids is 1. The predicted molar refractivity (Wildman–Crippen MR) is 89.8 cm³/mol. The molecule has 9 nitrogen and oxygen atoms in total. The average molecular weight is 374 g/mol. The van der Waals surface area contributed by atoms with Crippen molar-refractivity contribution in [1.82, 2.24) is 15.1 Å². The number of rotatable bonds is 6. The molecule has 9 heteroatoms. The molecule has 1 saturated heterocycles. The van der Waals surface area contributed by atoms with Gasteiger partial charge in [-0.15, -0.1) is 0 Å². The molecule has 2 aliphatic rings. The number of aliphatic hydroxyl groups excluding tert-OH is 1. The Morgan fingerprint density at radius 1 is 1.30 bits per heavy atom. The van der Waals surface area contributed by atoms with E-state index in [-0.39, 0.29) is 18.9 Å². The number of aliphatic hydroxyl groups is 1. The summed E-state index contributed by atoms with van der Waals surface area (Å²) in [7, 11) is 0.